The third-order valence-electron chi connectivity index (χ3n) is 2.59. The van der Waals surface area contributed by atoms with E-state index in [0.29, 0.717) is 5.56 Å². The molecule has 0 aromatic heterocycles. The molecule has 0 spiro atoms. The van der Waals surface area contributed by atoms with E-state index in [1.54, 1.807) is 24.3 Å². The summed E-state index contributed by atoms with van der Waals surface area (Å²) in [5.41, 5.74) is 10.9. The van der Waals surface area contributed by atoms with Crippen LogP contribution in [0.4, 0.5) is 0 Å². The summed E-state index contributed by atoms with van der Waals surface area (Å²) in [5, 5.41) is 0. The molecule has 0 bridgehead atoms. The van der Waals surface area contributed by atoms with Crippen molar-refractivity contribution in [1.29, 1.82) is 0 Å². The van der Waals surface area contributed by atoms with Crippen LogP contribution in [0, 0.1) is 0 Å². The lowest BCUT2D eigenvalue weighted by molar-refractivity contribution is 0.100. The van der Waals surface area contributed by atoms with Gasteiger partial charge in [-0.05, 0) is 50.2 Å². The van der Waals surface area contributed by atoms with E-state index in [2.05, 4.69) is 20.8 Å². The van der Waals surface area contributed by atoms with Crippen LogP contribution < -0.4 is 11.5 Å². The maximum absolute atomic E-state index is 10.5. The summed E-state index contributed by atoms with van der Waals surface area (Å²) in [6, 6.07) is 6.90. The number of carbonyl (C=O) groups excluding carboxylic acids is 1. The van der Waals surface area contributed by atoms with Crippen molar-refractivity contribution in [2.75, 3.05) is 19.8 Å². The molecule has 1 amide bonds. The van der Waals surface area contributed by atoms with Crippen molar-refractivity contribution in [3.05, 3.63) is 34.3 Å². The fourth-order valence-corrected chi connectivity index (χ4v) is 1.84. The van der Waals surface area contributed by atoms with E-state index in [1.807, 2.05) is 0 Å². The lowest BCUT2D eigenvalue weighted by Crippen LogP contribution is -2.26. The Bertz CT molecular complexity index is 347. The number of hydrogen-bond donors (Lipinski definition) is 2. The number of amides is 1. The van der Waals surface area contributed by atoms with Crippen LogP contribution in [0.25, 0.3) is 0 Å². The fourth-order valence-electron chi connectivity index (χ4n) is 1.58. The molecular weight excluding hydrogens is 282 g/mol. The summed E-state index contributed by atoms with van der Waals surface area (Å²) in [6.45, 7) is 3.19. The van der Waals surface area contributed by atoms with Gasteiger partial charge in [-0.25, -0.2) is 0 Å². The zero-order valence-corrected chi connectivity index (χ0v) is 11.3. The van der Waals surface area contributed by atoms with Gasteiger partial charge in [0, 0.05) is 16.7 Å². The van der Waals surface area contributed by atoms with E-state index in [0.717, 1.165) is 11.1 Å². The average molecular weight is 300 g/mol. The van der Waals surface area contributed by atoms with Gasteiger partial charge in [0.15, 0.2) is 0 Å². The summed E-state index contributed by atoms with van der Waals surface area (Å²) < 4.78 is 0.942. The predicted molar refractivity (Wildman–Crippen MR) is 72.5 cm³/mol. The van der Waals surface area contributed by atoms with E-state index in [4.69, 9.17) is 11.5 Å². The molecule has 4 N–H and O–H groups in total. The molecule has 4 nitrogen and oxygen atoms in total. The molecule has 1 aliphatic rings. The summed E-state index contributed by atoms with van der Waals surface area (Å²) in [4.78, 5) is 12.8. The number of hydrogen-bond acceptors (Lipinski definition) is 3. The number of nitrogens with two attached hydrogens (primary N) is 2. The van der Waals surface area contributed by atoms with E-state index in [-0.39, 0.29) is 0 Å². The quantitative estimate of drug-likeness (QED) is 0.870. The van der Waals surface area contributed by atoms with E-state index < -0.39 is 5.91 Å². The Morgan fingerprint density at radius 1 is 1.24 bits per heavy atom. The number of nitrogens with zero attached hydrogens (tertiary/aromatic N) is 1. The van der Waals surface area contributed by atoms with Gasteiger partial charge in [-0.2, -0.15) is 0 Å². The summed E-state index contributed by atoms with van der Waals surface area (Å²) >= 11 is 3.24. The molecule has 0 unspecified atom stereocenters. The van der Waals surface area contributed by atoms with Crippen molar-refractivity contribution >= 4 is 21.8 Å². The smallest absolute Gasteiger partial charge is 0.248 e. The van der Waals surface area contributed by atoms with Gasteiger partial charge < -0.3 is 11.5 Å². The molecule has 5 heteroatoms. The Labute approximate surface area is 110 Å². The van der Waals surface area contributed by atoms with Gasteiger partial charge in [-0.1, -0.05) is 15.9 Å². The van der Waals surface area contributed by atoms with Crippen molar-refractivity contribution < 1.29 is 4.79 Å². The first kappa shape index (κ1) is 14.2. The van der Waals surface area contributed by atoms with Gasteiger partial charge in [-0.15, -0.1) is 0 Å². The van der Waals surface area contributed by atoms with Crippen molar-refractivity contribution in [2.24, 2.45) is 11.5 Å². The molecule has 1 heterocycles. The minimum Gasteiger partial charge on any atom is -0.366 e. The Kier molecular flexibility index (Phi) is 6.18. The molecule has 1 aromatic carbocycles. The van der Waals surface area contributed by atoms with Crippen LogP contribution >= 0.6 is 15.9 Å². The van der Waals surface area contributed by atoms with Crippen LogP contribution in [0.2, 0.25) is 0 Å². The van der Waals surface area contributed by atoms with Crippen LogP contribution in [0.5, 0.6) is 0 Å². The van der Waals surface area contributed by atoms with Crippen molar-refractivity contribution in [1.82, 2.24) is 4.90 Å². The van der Waals surface area contributed by atoms with Gasteiger partial charge in [0.25, 0.3) is 0 Å². The second-order valence-corrected chi connectivity index (χ2v) is 4.79. The first-order chi connectivity index (χ1) is 8.13. The third kappa shape index (κ3) is 5.30. The Balaban J connectivity index is 0.000000181. The first-order valence-electron chi connectivity index (χ1n) is 5.61. The monoisotopic (exact) mass is 299 g/mol. The summed E-state index contributed by atoms with van der Waals surface area (Å²) in [6.07, 6.45) is 2.69. The molecule has 0 radical (unpaired) electrons. The molecule has 0 aliphatic carbocycles. The predicted octanol–water partition coefficient (Wildman–Crippen LogP) is 1.55. The number of benzene rings is 1. The van der Waals surface area contributed by atoms with Gasteiger partial charge in [-0.3, -0.25) is 9.69 Å². The highest BCUT2D eigenvalue weighted by Gasteiger charge is 2.07. The highest BCUT2D eigenvalue weighted by atomic mass is 79.9. The second kappa shape index (κ2) is 7.42. The number of rotatable bonds is 2. The van der Waals surface area contributed by atoms with E-state index in [1.165, 1.54) is 25.9 Å². The van der Waals surface area contributed by atoms with Crippen LogP contribution in [-0.4, -0.2) is 30.6 Å². The molecule has 1 fully saturated rings. The van der Waals surface area contributed by atoms with Gasteiger partial charge >= 0.3 is 0 Å². The molecule has 2 rings (SSSR count). The molecular formula is C12H18BrN3O. The third-order valence-corrected chi connectivity index (χ3v) is 3.11. The molecule has 0 saturated carbocycles. The minimum absolute atomic E-state index is 0.396. The molecule has 94 valence electrons. The summed E-state index contributed by atoms with van der Waals surface area (Å²) in [5.74, 6) is -0.396. The molecule has 1 saturated heterocycles. The molecule has 17 heavy (non-hydrogen) atoms. The molecule has 0 atom stereocenters. The zero-order valence-electron chi connectivity index (χ0n) is 9.73. The van der Waals surface area contributed by atoms with Crippen molar-refractivity contribution in [3.8, 4) is 0 Å². The minimum atomic E-state index is -0.396. The number of carbonyl (C=O) groups is 1. The topological polar surface area (TPSA) is 72.3 Å². The largest absolute Gasteiger partial charge is 0.366 e. The SMILES string of the molecule is NC(=O)c1ccc(Br)cc1.NCN1CCCC1. The normalized spacial score (nSPS) is 15.2. The standard InChI is InChI=1S/C7H6BrNO.C5H12N2/c8-6-3-1-5(2-4-6)7(9)10;6-5-7-3-1-2-4-7/h1-4H,(H2,9,10);1-6H2. The van der Waals surface area contributed by atoms with Gasteiger partial charge in [0.1, 0.15) is 0 Å². The van der Waals surface area contributed by atoms with Gasteiger partial charge in [0.05, 0.1) is 0 Å². The molecule has 1 aliphatic heterocycles. The zero-order chi connectivity index (χ0) is 12.7. The number of primary amides is 1. The van der Waals surface area contributed by atoms with Crippen LogP contribution in [0.1, 0.15) is 23.2 Å². The number of halogens is 1. The highest BCUT2D eigenvalue weighted by molar-refractivity contribution is 9.10. The van der Waals surface area contributed by atoms with Gasteiger partial charge in [0.2, 0.25) is 5.91 Å². The van der Waals surface area contributed by atoms with Crippen LogP contribution in [0.3, 0.4) is 0 Å². The maximum Gasteiger partial charge on any atom is 0.248 e. The molecule has 1 aromatic rings. The van der Waals surface area contributed by atoms with E-state index in [9.17, 15) is 4.79 Å². The van der Waals surface area contributed by atoms with Crippen molar-refractivity contribution in [2.45, 2.75) is 12.8 Å². The lowest BCUT2D eigenvalue weighted by Gasteiger charge is -2.08. The van der Waals surface area contributed by atoms with Crippen LogP contribution in [-0.2, 0) is 0 Å². The Morgan fingerprint density at radius 3 is 2.12 bits per heavy atom. The van der Waals surface area contributed by atoms with Crippen molar-refractivity contribution in [3.63, 3.8) is 0 Å². The Hall–Kier alpha value is -0.910. The maximum atomic E-state index is 10.5. The fraction of sp³-hybridized carbons (Fsp3) is 0.417. The van der Waals surface area contributed by atoms with Crippen LogP contribution in [0.15, 0.2) is 28.7 Å². The van der Waals surface area contributed by atoms with E-state index >= 15 is 0 Å². The second-order valence-electron chi connectivity index (χ2n) is 3.88. The lowest BCUT2D eigenvalue weighted by atomic mass is 10.2. The first-order valence-corrected chi connectivity index (χ1v) is 6.40. The average Bonchev–Trinajstić information content (AvgIpc) is 2.83. The number of likely N-dealkylation sites (tertiary alicyclic amines) is 1. The Morgan fingerprint density at radius 2 is 1.76 bits per heavy atom. The highest BCUT2D eigenvalue weighted by Crippen LogP contribution is 2.09. The summed E-state index contributed by atoms with van der Waals surface area (Å²) in [7, 11) is 0.